The Morgan fingerprint density at radius 1 is 1.35 bits per heavy atom. The van der Waals surface area contributed by atoms with Crippen LogP contribution >= 0.6 is 0 Å². The van der Waals surface area contributed by atoms with E-state index in [2.05, 4.69) is 20.8 Å². The van der Waals surface area contributed by atoms with Gasteiger partial charge in [-0.3, -0.25) is 4.79 Å². The molecular weight excluding hydrogens is 298 g/mol. The van der Waals surface area contributed by atoms with E-state index in [0.29, 0.717) is 17.7 Å². The molecule has 8 heteroatoms. The second-order valence-corrected chi connectivity index (χ2v) is 5.48. The highest BCUT2D eigenvalue weighted by atomic mass is 16.5. The number of rotatable bonds is 6. The van der Waals surface area contributed by atoms with E-state index in [0.717, 1.165) is 0 Å². The Morgan fingerprint density at radius 3 is 2.74 bits per heavy atom. The Balaban J connectivity index is 2.16. The van der Waals surface area contributed by atoms with Crippen molar-refractivity contribution in [1.82, 2.24) is 25.5 Å². The van der Waals surface area contributed by atoms with Crippen molar-refractivity contribution in [2.24, 2.45) is 5.92 Å². The van der Waals surface area contributed by atoms with Crippen LogP contribution in [-0.2, 0) is 9.53 Å². The van der Waals surface area contributed by atoms with E-state index >= 15 is 0 Å². The molecule has 0 spiro atoms. The number of nitrogens with one attached hydrogen (secondary N) is 1. The van der Waals surface area contributed by atoms with Crippen LogP contribution in [0.5, 0.6) is 0 Å². The molecule has 1 heterocycles. The fraction of sp³-hybridized carbons (Fsp3) is 0.400. The summed E-state index contributed by atoms with van der Waals surface area (Å²) in [6.07, 6.45) is 1.94. The molecule has 23 heavy (non-hydrogen) atoms. The molecule has 1 N–H and O–H groups in total. The lowest BCUT2D eigenvalue weighted by atomic mass is 10.0. The number of hydrogen-bond donors (Lipinski definition) is 1. The van der Waals surface area contributed by atoms with Gasteiger partial charge < -0.3 is 10.1 Å². The molecule has 2 aromatic rings. The number of hydrogen-bond acceptors (Lipinski definition) is 6. The van der Waals surface area contributed by atoms with E-state index in [-0.39, 0.29) is 11.8 Å². The quantitative estimate of drug-likeness (QED) is 0.797. The van der Waals surface area contributed by atoms with Crippen LogP contribution in [0.25, 0.3) is 5.69 Å². The summed E-state index contributed by atoms with van der Waals surface area (Å²) >= 11 is 0. The second kappa shape index (κ2) is 7.48. The van der Waals surface area contributed by atoms with Gasteiger partial charge in [-0.2, -0.15) is 0 Å². The van der Waals surface area contributed by atoms with Crippen LogP contribution in [0.1, 0.15) is 30.6 Å². The number of aromatic nitrogens is 4. The normalized spacial score (nSPS) is 12.0. The van der Waals surface area contributed by atoms with Gasteiger partial charge >= 0.3 is 5.97 Å². The van der Waals surface area contributed by atoms with Crippen LogP contribution in [0.4, 0.5) is 0 Å². The summed E-state index contributed by atoms with van der Waals surface area (Å²) in [6, 6.07) is 6.13. The van der Waals surface area contributed by atoms with Crippen molar-refractivity contribution in [3.63, 3.8) is 0 Å². The maximum atomic E-state index is 12.4. The fourth-order valence-corrected chi connectivity index (χ4v) is 2.14. The van der Waals surface area contributed by atoms with E-state index in [9.17, 15) is 9.59 Å². The molecule has 1 atom stereocenters. The lowest BCUT2D eigenvalue weighted by Crippen LogP contribution is -2.42. The van der Waals surface area contributed by atoms with Crippen molar-refractivity contribution in [1.29, 1.82) is 0 Å². The predicted molar refractivity (Wildman–Crippen MR) is 81.9 cm³/mol. The van der Waals surface area contributed by atoms with E-state index < -0.39 is 12.0 Å². The molecule has 0 aliphatic heterocycles. The van der Waals surface area contributed by atoms with Crippen molar-refractivity contribution in [3.05, 3.63) is 36.2 Å². The summed E-state index contributed by atoms with van der Waals surface area (Å²) in [6.45, 7) is 3.95. The van der Waals surface area contributed by atoms with Crippen molar-refractivity contribution >= 4 is 11.9 Å². The molecule has 2 rings (SSSR count). The largest absolute Gasteiger partial charge is 0.467 e. The molecule has 8 nitrogen and oxygen atoms in total. The van der Waals surface area contributed by atoms with Gasteiger partial charge in [0.2, 0.25) is 0 Å². The standard InChI is InChI=1S/C15H19N5O3/c1-10(2)7-13(15(22)23-3)17-14(21)11-5-4-6-12(8-11)20-9-16-18-19-20/h4-6,8-10,13H,7H2,1-3H3,(H,17,21)/t13-/m1/s1. The van der Waals surface area contributed by atoms with Crippen LogP contribution in [0.2, 0.25) is 0 Å². The molecular formula is C15H19N5O3. The highest BCUT2D eigenvalue weighted by Gasteiger charge is 2.23. The first kappa shape index (κ1) is 16.6. The Morgan fingerprint density at radius 2 is 2.13 bits per heavy atom. The van der Waals surface area contributed by atoms with Gasteiger partial charge in [0.25, 0.3) is 5.91 Å². The van der Waals surface area contributed by atoms with Gasteiger partial charge in [0.05, 0.1) is 12.8 Å². The SMILES string of the molecule is COC(=O)[C@@H](CC(C)C)NC(=O)c1cccc(-n2cnnn2)c1. The van der Waals surface area contributed by atoms with Crippen molar-refractivity contribution in [3.8, 4) is 5.69 Å². The third-order valence-corrected chi connectivity index (χ3v) is 3.22. The number of esters is 1. The minimum Gasteiger partial charge on any atom is -0.467 e. The van der Waals surface area contributed by atoms with Gasteiger partial charge in [-0.1, -0.05) is 19.9 Å². The van der Waals surface area contributed by atoms with Gasteiger partial charge in [0.1, 0.15) is 12.4 Å². The van der Waals surface area contributed by atoms with Crippen LogP contribution < -0.4 is 5.32 Å². The third kappa shape index (κ3) is 4.35. The zero-order valence-electron chi connectivity index (χ0n) is 13.3. The van der Waals surface area contributed by atoms with Crippen LogP contribution in [0.3, 0.4) is 0 Å². The molecule has 0 radical (unpaired) electrons. The van der Waals surface area contributed by atoms with E-state index in [1.807, 2.05) is 13.8 Å². The molecule has 0 aliphatic rings. The number of benzene rings is 1. The summed E-state index contributed by atoms with van der Waals surface area (Å²) in [5, 5.41) is 13.6. The van der Waals surface area contributed by atoms with E-state index in [1.54, 1.807) is 24.3 Å². The Labute approximate surface area is 133 Å². The first-order chi connectivity index (χ1) is 11.0. The highest BCUT2D eigenvalue weighted by molar-refractivity contribution is 5.97. The lowest BCUT2D eigenvalue weighted by molar-refractivity contribution is -0.143. The van der Waals surface area contributed by atoms with Gasteiger partial charge in [0, 0.05) is 5.56 Å². The first-order valence-corrected chi connectivity index (χ1v) is 7.23. The molecule has 1 aromatic carbocycles. The van der Waals surface area contributed by atoms with Crippen LogP contribution in [0.15, 0.2) is 30.6 Å². The number of carbonyl (C=O) groups is 2. The van der Waals surface area contributed by atoms with E-state index in [1.165, 1.54) is 18.1 Å². The van der Waals surface area contributed by atoms with Crippen LogP contribution in [-0.4, -0.2) is 45.2 Å². The summed E-state index contributed by atoms with van der Waals surface area (Å²) in [5.74, 6) is -0.563. The minimum absolute atomic E-state index is 0.243. The van der Waals surface area contributed by atoms with Crippen LogP contribution in [0, 0.1) is 5.92 Å². The highest BCUT2D eigenvalue weighted by Crippen LogP contribution is 2.11. The smallest absolute Gasteiger partial charge is 0.328 e. The number of tetrazole rings is 1. The summed E-state index contributed by atoms with van der Waals surface area (Å²) in [5.41, 5.74) is 1.07. The predicted octanol–water partition coefficient (Wildman–Crippen LogP) is 0.980. The molecule has 0 saturated carbocycles. The average Bonchev–Trinajstić information content (AvgIpc) is 3.07. The van der Waals surface area contributed by atoms with Crippen molar-refractivity contribution in [2.45, 2.75) is 26.3 Å². The monoisotopic (exact) mass is 317 g/mol. The zero-order valence-corrected chi connectivity index (χ0v) is 13.3. The Kier molecular flexibility index (Phi) is 5.40. The molecule has 122 valence electrons. The number of carbonyl (C=O) groups excluding carboxylic acids is 2. The van der Waals surface area contributed by atoms with Gasteiger partial charge in [-0.25, -0.2) is 9.48 Å². The zero-order chi connectivity index (χ0) is 16.8. The second-order valence-electron chi connectivity index (χ2n) is 5.48. The number of ether oxygens (including phenoxy) is 1. The Hall–Kier alpha value is -2.77. The maximum Gasteiger partial charge on any atom is 0.328 e. The average molecular weight is 317 g/mol. The number of nitrogens with zero attached hydrogens (tertiary/aromatic N) is 4. The molecule has 0 fully saturated rings. The summed E-state index contributed by atoms with van der Waals surface area (Å²) in [4.78, 5) is 24.2. The molecule has 0 unspecified atom stereocenters. The number of methoxy groups -OCH3 is 1. The van der Waals surface area contributed by atoms with Crippen molar-refractivity contribution < 1.29 is 14.3 Å². The molecule has 0 saturated heterocycles. The lowest BCUT2D eigenvalue weighted by Gasteiger charge is -2.18. The maximum absolute atomic E-state index is 12.4. The minimum atomic E-state index is -0.677. The molecule has 1 aromatic heterocycles. The molecule has 0 bridgehead atoms. The summed E-state index contributed by atoms with van der Waals surface area (Å²) in [7, 11) is 1.31. The Bertz CT molecular complexity index is 670. The topological polar surface area (TPSA) is 99.0 Å². The van der Waals surface area contributed by atoms with Gasteiger partial charge in [-0.05, 0) is 41.0 Å². The first-order valence-electron chi connectivity index (χ1n) is 7.23. The third-order valence-electron chi connectivity index (χ3n) is 3.22. The molecule has 0 aliphatic carbocycles. The van der Waals surface area contributed by atoms with Gasteiger partial charge in [-0.15, -0.1) is 5.10 Å². The van der Waals surface area contributed by atoms with Crippen molar-refractivity contribution in [2.75, 3.05) is 7.11 Å². The fourth-order valence-electron chi connectivity index (χ4n) is 2.14. The molecule has 1 amide bonds. The summed E-state index contributed by atoms with van der Waals surface area (Å²) < 4.78 is 6.20. The van der Waals surface area contributed by atoms with Gasteiger partial charge in [0.15, 0.2) is 0 Å². The number of amides is 1. The van der Waals surface area contributed by atoms with E-state index in [4.69, 9.17) is 4.74 Å².